The summed E-state index contributed by atoms with van der Waals surface area (Å²) in [6.45, 7) is 5.21. The number of hydrogen-bond acceptors (Lipinski definition) is 6. The molecule has 0 fully saturated rings. The number of hydrogen-bond donors (Lipinski definition) is 2. The van der Waals surface area contributed by atoms with Crippen molar-refractivity contribution in [1.29, 1.82) is 0 Å². The average molecular weight is 584 g/mol. The van der Waals surface area contributed by atoms with Gasteiger partial charge in [-0.25, -0.2) is 9.37 Å². The van der Waals surface area contributed by atoms with Crippen LogP contribution >= 0.6 is 35.0 Å². The molecule has 11 heteroatoms. The predicted molar refractivity (Wildman–Crippen MR) is 153 cm³/mol. The van der Waals surface area contributed by atoms with Crippen LogP contribution in [0.1, 0.15) is 30.7 Å². The summed E-state index contributed by atoms with van der Waals surface area (Å²) >= 11 is 14.1. The van der Waals surface area contributed by atoms with Crippen molar-refractivity contribution in [2.45, 2.75) is 31.0 Å². The maximum atomic E-state index is 13.7. The van der Waals surface area contributed by atoms with Crippen LogP contribution < -0.4 is 0 Å². The SMILES string of the molecule is CC(C)(c1ccc(Cl)c(Cl)c1)c1[nH]c(SCCOCc2ccc(-c3nn[nH]n3)cc2)nc1-c1ccc(F)cc1. The molecule has 0 aliphatic rings. The molecule has 2 heterocycles. The number of rotatable bonds is 10. The second-order valence-electron chi connectivity index (χ2n) is 9.36. The Hall–Kier alpha value is -3.24. The summed E-state index contributed by atoms with van der Waals surface area (Å²) in [5, 5.41) is 15.7. The lowest BCUT2D eigenvalue weighted by Gasteiger charge is -2.26. The largest absolute Gasteiger partial charge is 0.376 e. The average Bonchev–Trinajstić information content (AvgIpc) is 3.62. The quantitative estimate of drug-likeness (QED) is 0.132. The van der Waals surface area contributed by atoms with E-state index in [2.05, 4.69) is 39.5 Å². The smallest absolute Gasteiger partial charge is 0.204 e. The van der Waals surface area contributed by atoms with Crippen molar-refractivity contribution in [2.75, 3.05) is 12.4 Å². The molecule has 5 rings (SSSR count). The minimum atomic E-state index is -0.478. The van der Waals surface area contributed by atoms with Crippen LogP contribution in [0, 0.1) is 5.82 Å². The lowest BCUT2D eigenvalue weighted by atomic mass is 9.80. The molecule has 200 valence electrons. The van der Waals surface area contributed by atoms with Crippen LogP contribution in [0.3, 0.4) is 0 Å². The van der Waals surface area contributed by atoms with Crippen molar-refractivity contribution in [3.05, 3.63) is 99.4 Å². The zero-order chi connectivity index (χ0) is 27.4. The van der Waals surface area contributed by atoms with E-state index in [0.717, 1.165) is 38.8 Å². The van der Waals surface area contributed by atoms with E-state index in [9.17, 15) is 4.39 Å². The number of H-pyrrole nitrogens is 2. The van der Waals surface area contributed by atoms with Crippen LogP contribution in [0.15, 0.2) is 71.9 Å². The Morgan fingerprint density at radius 3 is 2.38 bits per heavy atom. The molecule has 0 unspecified atom stereocenters. The summed E-state index contributed by atoms with van der Waals surface area (Å²) < 4.78 is 19.5. The Morgan fingerprint density at radius 1 is 0.949 bits per heavy atom. The Kier molecular flexibility index (Phi) is 8.32. The van der Waals surface area contributed by atoms with Gasteiger partial charge in [-0.2, -0.15) is 5.21 Å². The molecular formula is C28H25Cl2FN6OS. The molecule has 0 atom stereocenters. The molecule has 39 heavy (non-hydrogen) atoms. The number of nitrogens with zero attached hydrogens (tertiary/aromatic N) is 4. The van der Waals surface area contributed by atoms with E-state index in [-0.39, 0.29) is 5.82 Å². The first-order valence-corrected chi connectivity index (χ1v) is 13.9. The predicted octanol–water partition coefficient (Wildman–Crippen LogP) is 7.34. The first kappa shape index (κ1) is 27.3. The fourth-order valence-electron chi connectivity index (χ4n) is 4.14. The molecule has 0 radical (unpaired) electrons. The van der Waals surface area contributed by atoms with Crippen LogP contribution in [-0.4, -0.2) is 43.0 Å². The molecule has 0 amide bonds. The van der Waals surface area contributed by atoms with Gasteiger partial charge in [0.05, 0.1) is 34.6 Å². The van der Waals surface area contributed by atoms with E-state index in [0.29, 0.717) is 34.8 Å². The zero-order valence-electron chi connectivity index (χ0n) is 21.2. The highest BCUT2D eigenvalue weighted by Crippen LogP contribution is 2.39. The minimum absolute atomic E-state index is 0.296. The Morgan fingerprint density at radius 2 is 1.69 bits per heavy atom. The Balaban J connectivity index is 1.27. The number of halogens is 3. The molecule has 0 aliphatic heterocycles. The molecule has 5 aromatic rings. The molecule has 0 saturated carbocycles. The first-order chi connectivity index (χ1) is 18.8. The van der Waals surface area contributed by atoms with Gasteiger partial charge < -0.3 is 9.72 Å². The third-order valence-electron chi connectivity index (χ3n) is 6.36. The molecule has 0 aliphatic carbocycles. The number of aromatic nitrogens is 6. The number of imidazole rings is 1. The molecule has 0 spiro atoms. The number of ether oxygens (including phenoxy) is 1. The fraction of sp³-hybridized carbons (Fsp3) is 0.214. The van der Waals surface area contributed by atoms with Gasteiger partial charge in [0.25, 0.3) is 0 Å². The number of aromatic amines is 2. The van der Waals surface area contributed by atoms with Gasteiger partial charge in [0.2, 0.25) is 5.82 Å². The fourth-order valence-corrected chi connectivity index (χ4v) is 5.16. The maximum absolute atomic E-state index is 13.7. The van der Waals surface area contributed by atoms with Gasteiger partial charge in [0.1, 0.15) is 5.82 Å². The number of tetrazole rings is 1. The summed E-state index contributed by atoms with van der Waals surface area (Å²) in [6.07, 6.45) is 0. The summed E-state index contributed by atoms with van der Waals surface area (Å²) in [5.74, 6) is 0.957. The van der Waals surface area contributed by atoms with Gasteiger partial charge in [-0.3, -0.25) is 0 Å². The van der Waals surface area contributed by atoms with Crippen molar-refractivity contribution < 1.29 is 9.13 Å². The normalized spacial score (nSPS) is 11.7. The van der Waals surface area contributed by atoms with Crippen LogP contribution in [0.25, 0.3) is 22.6 Å². The highest BCUT2D eigenvalue weighted by Gasteiger charge is 2.30. The van der Waals surface area contributed by atoms with E-state index in [1.54, 1.807) is 30.0 Å². The zero-order valence-corrected chi connectivity index (χ0v) is 23.5. The number of benzene rings is 3. The van der Waals surface area contributed by atoms with Crippen molar-refractivity contribution in [3.63, 3.8) is 0 Å². The van der Waals surface area contributed by atoms with Crippen molar-refractivity contribution in [2.24, 2.45) is 0 Å². The summed E-state index contributed by atoms with van der Waals surface area (Å²) in [5.41, 5.74) is 4.92. The van der Waals surface area contributed by atoms with Crippen molar-refractivity contribution in [1.82, 2.24) is 30.6 Å². The second kappa shape index (κ2) is 11.9. The highest BCUT2D eigenvalue weighted by molar-refractivity contribution is 7.99. The van der Waals surface area contributed by atoms with E-state index >= 15 is 0 Å². The molecule has 2 aromatic heterocycles. The Bertz CT molecular complexity index is 1540. The van der Waals surface area contributed by atoms with Crippen LogP contribution in [0.2, 0.25) is 10.0 Å². The lowest BCUT2D eigenvalue weighted by molar-refractivity contribution is 0.136. The van der Waals surface area contributed by atoms with E-state index in [1.165, 1.54) is 12.1 Å². The van der Waals surface area contributed by atoms with Gasteiger partial charge >= 0.3 is 0 Å². The van der Waals surface area contributed by atoms with Crippen LogP contribution in [0.4, 0.5) is 4.39 Å². The van der Waals surface area contributed by atoms with Gasteiger partial charge in [0.15, 0.2) is 5.16 Å². The monoisotopic (exact) mass is 582 g/mol. The third-order valence-corrected chi connectivity index (χ3v) is 7.94. The van der Waals surface area contributed by atoms with Crippen molar-refractivity contribution in [3.8, 4) is 22.6 Å². The third kappa shape index (κ3) is 6.33. The number of nitrogens with one attached hydrogen (secondary N) is 2. The van der Waals surface area contributed by atoms with E-state index < -0.39 is 5.41 Å². The van der Waals surface area contributed by atoms with Gasteiger partial charge in [-0.1, -0.05) is 79.1 Å². The highest BCUT2D eigenvalue weighted by atomic mass is 35.5. The molecule has 0 bridgehead atoms. The molecule has 3 aromatic carbocycles. The topological polar surface area (TPSA) is 92.4 Å². The molecule has 2 N–H and O–H groups in total. The summed E-state index contributed by atoms with van der Waals surface area (Å²) in [6, 6.07) is 19.8. The maximum Gasteiger partial charge on any atom is 0.204 e. The van der Waals surface area contributed by atoms with Gasteiger partial charge in [0, 0.05) is 22.3 Å². The molecule has 7 nitrogen and oxygen atoms in total. The van der Waals surface area contributed by atoms with Gasteiger partial charge in [-0.05, 0) is 52.7 Å². The minimum Gasteiger partial charge on any atom is -0.376 e. The van der Waals surface area contributed by atoms with E-state index in [4.69, 9.17) is 32.9 Å². The summed E-state index contributed by atoms with van der Waals surface area (Å²) in [4.78, 5) is 8.39. The molecular weight excluding hydrogens is 558 g/mol. The summed E-state index contributed by atoms with van der Waals surface area (Å²) in [7, 11) is 0. The number of thioether (sulfide) groups is 1. The molecule has 0 saturated heterocycles. The van der Waals surface area contributed by atoms with Gasteiger partial charge in [-0.15, -0.1) is 10.2 Å². The first-order valence-electron chi connectivity index (χ1n) is 12.2. The van der Waals surface area contributed by atoms with Crippen molar-refractivity contribution >= 4 is 35.0 Å². The second-order valence-corrected chi connectivity index (χ2v) is 11.3. The standard InChI is InChI=1S/C28H25Cl2FN6OS/c1-28(2,20-9-12-22(29)23(30)15-20)25-24(18-7-10-21(31)11-8-18)32-27(33-25)39-14-13-38-16-17-3-5-19(6-4-17)26-34-36-37-35-26/h3-12,15H,13-14,16H2,1-2H3,(H,32,33)(H,34,35,36,37). The van der Waals surface area contributed by atoms with Crippen LogP contribution in [-0.2, 0) is 16.8 Å². The van der Waals surface area contributed by atoms with Crippen LogP contribution in [0.5, 0.6) is 0 Å². The lowest BCUT2D eigenvalue weighted by Crippen LogP contribution is -2.20. The Labute approximate surface area is 239 Å². The van der Waals surface area contributed by atoms with E-state index in [1.807, 2.05) is 36.4 Å².